The summed E-state index contributed by atoms with van der Waals surface area (Å²) >= 11 is 0. The summed E-state index contributed by atoms with van der Waals surface area (Å²) in [7, 11) is 0. The van der Waals surface area contributed by atoms with Crippen LogP contribution in [0.25, 0.3) is 21.9 Å². The van der Waals surface area contributed by atoms with Gasteiger partial charge >= 0.3 is 12.1 Å². The number of hydrogen-bond acceptors (Lipinski definition) is 4. The highest BCUT2D eigenvalue weighted by atomic mass is 16.5. The number of unbranched alkanes of at least 4 members (excludes halogenated alkanes) is 1. The molecule has 1 amide bonds. The van der Waals surface area contributed by atoms with Crippen molar-refractivity contribution in [3.05, 3.63) is 70.1 Å². The van der Waals surface area contributed by atoms with Crippen LogP contribution < -0.4 is 10.9 Å². The van der Waals surface area contributed by atoms with Gasteiger partial charge in [-0.2, -0.15) is 0 Å². The number of nitrogens with zero attached hydrogens (tertiary/aromatic N) is 1. The Morgan fingerprint density at radius 3 is 2.45 bits per heavy atom. The molecule has 0 atom stereocenters. The van der Waals surface area contributed by atoms with Gasteiger partial charge in [0.25, 0.3) is 5.56 Å². The molecule has 3 rings (SSSR count). The van der Waals surface area contributed by atoms with E-state index >= 15 is 0 Å². The lowest BCUT2D eigenvalue weighted by Gasteiger charge is -2.22. The van der Waals surface area contributed by atoms with Crippen LogP contribution >= 0.6 is 0 Å². The van der Waals surface area contributed by atoms with E-state index in [4.69, 9.17) is 4.74 Å². The van der Waals surface area contributed by atoms with E-state index in [0.717, 1.165) is 24.0 Å². The Balaban J connectivity index is 2.24. The van der Waals surface area contributed by atoms with Gasteiger partial charge in [0.05, 0.1) is 18.7 Å². The third-order valence-electron chi connectivity index (χ3n) is 5.37. The summed E-state index contributed by atoms with van der Waals surface area (Å²) in [4.78, 5) is 37.4. The number of pyridine rings is 1. The number of rotatable bonds is 9. The molecule has 0 unspecified atom stereocenters. The number of carbonyl (C=O) groups is 2. The third kappa shape index (κ3) is 5.61. The average Bonchev–Trinajstić information content (AvgIpc) is 2.80. The van der Waals surface area contributed by atoms with Gasteiger partial charge in [-0.15, -0.1) is 0 Å². The third-order valence-corrected chi connectivity index (χ3v) is 5.37. The number of carboxylic acid groups (broad SMARTS) is 1. The van der Waals surface area contributed by atoms with Crippen LogP contribution in [0.4, 0.5) is 4.79 Å². The fourth-order valence-electron chi connectivity index (χ4n) is 3.81. The summed E-state index contributed by atoms with van der Waals surface area (Å²) in [6, 6.07) is 14.0. The van der Waals surface area contributed by atoms with Crippen molar-refractivity contribution in [2.75, 3.05) is 6.61 Å². The number of aromatic carboxylic acids is 1. The van der Waals surface area contributed by atoms with Crippen LogP contribution in [-0.2, 0) is 17.8 Å². The van der Waals surface area contributed by atoms with Crippen molar-refractivity contribution in [3.63, 3.8) is 0 Å². The summed E-state index contributed by atoms with van der Waals surface area (Å²) in [5, 5.41) is 13.3. The highest BCUT2D eigenvalue weighted by molar-refractivity contribution is 6.01. The smallest absolute Gasteiger partial charge is 0.407 e. The van der Waals surface area contributed by atoms with Crippen molar-refractivity contribution >= 4 is 22.8 Å². The Morgan fingerprint density at radius 1 is 1.09 bits per heavy atom. The highest BCUT2D eigenvalue weighted by Gasteiger charge is 2.20. The zero-order valence-electron chi connectivity index (χ0n) is 19.3. The molecule has 0 saturated heterocycles. The maximum absolute atomic E-state index is 13.5. The van der Waals surface area contributed by atoms with E-state index in [-0.39, 0.29) is 23.6 Å². The second-order valence-corrected chi connectivity index (χ2v) is 8.41. The molecule has 0 radical (unpaired) electrons. The zero-order valence-corrected chi connectivity index (χ0v) is 19.3. The minimum Gasteiger partial charge on any atom is -0.478 e. The van der Waals surface area contributed by atoms with Gasteiger partial charge < -0.3 is 19.7 Å². The fraction of sp³-hybridized carbons (Fsp3) is 0.346. The fourth-order valence-corrected chi connectivity index (χ4v) is 3.81. The summed E-state index contributed by atoms with van der Waals surface area (Å²) < 4.78 is 6.91. The molecule has 0 aliphatic rings. The maximum Gasteiger partial charge on any atom is 0.407 e. The highest BCUT2D eigenvalue weighted by Crippen LogP contribution is 2.32. The van der Waals surface area contributed by atoms with E-state index in [0.29, 0.717) is 29.6 Å². The first-order chi connectivity index (χ1) is 15.8. The lowest BCUT2D eigenvalue weighted by Crippen LogP contribution is -2.32. The van der Waals surface area contributed by atoms with E-state index in [1.165, 1.54) is 12.1 Å². The molecule has 0 aliphatic heterocycles. The van der Waals surface area contributed by atoms with Crippen LogP contribution in [0.2, 0.25) is 0 Å². The monoisotopic (exact) mass is 450 g/mol. The van der Waals surface area contributed by atoms with Gasteiger partial charge in [-0.1, -0.05) is 57.5 Å². The molecule has 0 spiro atoms. The van der Waals surface area contributed by atoms with Crippen molar-refractivity contribution in [1.82, 2.24) is 9.88 Å². The lowest BCUT2D eigenvalue weighted by atomic mass is 9.95. The van der Waals surface area contributed by atoms with Gasteiger partial charge in [-0.3, -0.25) is 4.79 Å². The van der Waals surface area contributed by atoms with Crippen molar-refractivity contribution in [1.29, 1.82) is 0 Å². The van der Waals surface area contributed by atoms with Gasteiger partial charge in [-0.05, 0) is 41.5 Å². The first-order valence-electron chi connectivity index (χ1n) is 11.2. The van der Waals surface area contributed by atoms with E-state index in [1.807, 2.05) is 51.1 Å². The molecule has 0 saturated carbocycles. The molecule has 1 heterocycles. The molecule has 33 heavy (non-hydrogen) atoms. The number of alkyl carbamates (subject to hydrolysis) is 1. The molecule has 0 aliphatic carbocycles. The van der Waals surface area contributed by atoms with E-state index in [9.17, 15) is 19.5 Å². The van der Waals surface area contributed by atoms with Gasteiger partial charge in [0.15, 0.2) is 0 Å². The second kappa shape index (κ2) is 10.8. The number of nitrogens with one attached hydrogen (secondary N) is 1. The Morgan fingerprint density at radius 2 is 1.82 bits per heavy atom. The predicted molar refractivity (Wildman–Crippen MR) is 129 cm³/mol. The number of ether oxygens (including phenoxy) is 1. The molecule has 7 heteroatoms. The molecular weight excluding hydrogens is 420 g/mol. The summed E-state index contributed by atoms with van der Waals surface area (Å²) in [5.74, 6) is -0.890. The summed E-state index contributed by atoms with van der Waals surface area (Å²) in [6.45, 7) is 6.90. The van der Waals surface area contributed by atoms with Crippen LogP contribution in [0.5, 0.6) is 0 Å². The molecular formula is C26H30N2O5. The minimum atomic E-state index is -1.07. The standard InChI is InChI=1S/C26H30N2O5/c1-4-5-13-33-26(32)27-15-22-23(18-9-7-6-8-10-18)21-14-19(25(30)31)11-12-20(21)24(29)28(22)16-17(2)3/h6-12,14,17H,4-5,13,15-16H2,1-3H3,(H,27,32)(H,30,31). The first-order valence-corrected chi connectivity index (χ1v) is 11.2. The number of carbonyl (C=O) groups excluding carboxylic acids is 1. The van der Waals surface area contributed by atoms with Crippen LogP contribution in [0.3, 0.4) is 0 Å². The number of carboxylic acids is 1. The normalized spacial score (nSPS) is 11.0. The number of amides is 1. The molecule has 2 N–H and O–H groups in total. The molecule has 7 nitrogen and oxygen atoms in total. The quantitative estimate of drug-likeness (QED) is 0.445. The Kier molecular flexibility index (Phi) is 7.87. The summed E-state index contributed by atoms with van der Waals surface area (Å²) in [6.07, 6.45) is 1.13. The Hall–Kier alpha value is -3.61. The second-order valence-electron chi connectivity index (χ2n) is 8.41. The Labute approximate surface area is 193 Å². The molecule has 1 aromatic heterocycles. The lowest BCUT2D eigenvalue weighted by molar-refractivity contribution is 0.0697. The van der Waals surface area contributed by atoms with Crippen LogP contribution in [-0.4, -0.2) is 28.3 Å². The zero-order chi connectivity index (χ0) is 24.0. The van der Waals surface area contributed by atoms with Gasteiger partial charge in [-0.25, -0.2) is 9.59 Å². The van der Waals surface area contributed by atoms with Gasteiger partial charge in [0, 0.05) is 23.2 Å². The number of benzene rings is 2. The minimum absolute atomic E-state index is 0.0738. The van der Waals surface area contributed by atoms with Crippen molar-refractivity contribution < 1.29 is 19.4 Å². The SMILES string of the molecule is CCCCOC(=O)NCc1c(-c2ccccc2)c2cc(C(=O)O)ccc2c(=O)n1CC(C)C. The van der Waals surface area contributed by atoms with Crippen LogP contribution in [0.1, 0.15) is 49.7 Å². The summed E-state index contributed by atoms with van der Waals surface area (Å²) in [5.41, 5.74) is 2.05. The first kappa shape index (κ1) is 24.0. The van der Waals surface area contributed by atoms with Crippen LogP contribution in [0.15, 0.2) is 53.3 Å². The molecule has 0 bridgehead atoms. The number of fused-ring (bicyclic) bond motifs is 1. The van der Waals surface area contributed by atoms with Crippen molar-refractivity contribution in [2.24, 2.45) is 5.92 Å². The van der Waals surface area contributed by atoms with E-state index in [2.05, 4.69) is 5.32 Å². The van der Waals surface area contributed by atoms with Gasteiger partial charge in [0.2, 0.25) is 0 Å². The predicted octanol–water partition coefficient (Wildman–Crippen LogP) is 5.05. The van der Waals surface area contributed by atoms with Crippen LogP contribution in [0, 0.1) is 5.92 Å². The van der Waals surface area contributed by atoms with E-state index < -0.39 is 12.1 Å². The largest absolute Gasteiger partial charge is 0.478 e. The van der Waals surface area contributed by atoms with Crippen molar-refractivity contribution in [3.8, 4) is 11.1 Å². The molecule has 174 valence electrons. The molecule has 0 fully saturated rings. The van der Waals surface area contributed by atoms with Gasteiger partial charge in [0.1, 0.15) is 0 Å². The number of hydrogen-bond donors (Lipinski definition) is 2. The van der Waals surface area contributed by atoms with E-state index in [1.54, 1.807) is 10.6 Å². The Bertz CT molecular complexity index is 1200. The molecule has 3 aromatic rings. The average molecular weight is 451 g/mol. The molecule has 2 aromatic carbocycles. The maximum atomic E-state index is 13.5. The topological polar surface area (TPSA) is 97.6 Å². The number of aromatic nitrogens is 1. The van der Waals surface area contributed by atoms with Crippen molar-refractivity contribution in [2.45, 2.75) is 46.7 Å².